The minimum absolute atomic E-state index is 0.0978. The molecular formula is C13H8ClF3OS. The van der Waals surface area contributed by atoms with Crippen molar-refractivity contribution in [2.75, 3.05) is 0 Å². The summed E-state index contributed by atoms with van der Waals surface area (Å²) < 4.78 is 42.8. The number of benzene rings is 2. The molecule has 2 aromatic rings. The lowest BCUT2D eigenvalue weighted by Gasteiger charge is -2.11. The lowest BCUT2D eigenvalue weighted by atomic mass is 10.2. The molecule has 0 heterocycles. The summed E-state index contributed by atoms with van der Waals surface area (Å²) in [5.41, 5.74) is -0.812. The quantitative estimate of drug-likeness (QED) is 0.727. The fourth-order valence-corrected chi connectivity index (χ4v) is 1.87. The van der Waals surface area contributed by atoms with Gasteiger partial charge in [0.15, 0.2) is 0 Å². The van der Waals surface area contributed by atoms with Gasteiger partial charge in [-0.3, -0.25) is 0 Å². The van der Waals surface area contributed by atoms with Gasteiger partial charge in [0, 0.05) is 4.90 Å². The molecule has 0 saturated carbocycles. The first-order valence-electron chi connectivity index (χ1n) is 5.20. The van der Waals surface area contributed by atoms with Crippen molar-refractivity contribution in [2.45, 2.75) is 11.1 Å². The lowest BCUT2D eigenvalue weighted by Crippen LogP contribution is -2.04. The van der Waals surface area contributed by atoms with Gasteiger partial charge in [-0.2, -0.15) is 13.2 Å². The molecule has 0 aliphatic heterocycles. The predicted octanol–water partition coefficient (Wildman–Crippen LogP) is 5.44. The highest BCUT2D eigenvalue weighted by atomic mass is 35.5. The molecule has 100 valence electrons. The molecule has 0 bridgehead atoms. The number of hydrogen-bond acceptors (Lipinski definition) is 2. The number of thiol groups is 1. The van der Waals surface area contributed by atoms with Crippen LogP contribution in [0.3, 0.4) is 0 Å². The smallest absolute Gasteiger partial charge is 0.416 e. The van der Waals surface area contributed by atoms with Crippen LogP contribution in [0.4, 0.5) is 13.2 Å². The van der Waals surface area contributed by atoms with Gasteiger partial charge < -0.3 is 4.74 Å². The molecule has 0 saturated heterocycles. The summed E-state index contributed by atoms with van der Waals surface area (Å²) in [6.07, 6.45) is -4.42. The van der Waals surface area contributed by atoms with Crippen LogP contribution in [0.1, 0.15) is 5.56 Å². The molecule has 0 aliphatic carbocycles. The number of alkyl halides is 3. The van der Waals surface area contributed by atoms with Crippen molar-refractivity contribution in [3.63, 3.8) is 0 Å². The Bertz CT molecular complexity index is 599. The van der Waals surface area contributed by atoms with E-state index >= 15 is 0 Å². The maximum absolute atomic E-state index is 12.5. The second-order valence-corrected chi connectivity index (χ2v) is 4.67. The molecule has 0 spiro atoms. The van der Waals surface area contributed by atoms with E-state index in [9.17, 15) is 13.2 Å². The fraction of sp³-hybridized carbons (Fsp3) is 0.0769. The van der Waals surface area contributed by atoms with E-state index in [1.807, 2.05) is 0 Å². The van der Waals surface area contributed by atoms with E-state index in [0.29, 0.717) is 10.6 Å². The Morgan fingerprint density at radius 1 is 1.05 bits per heavy atom. The van der Waals surface area contributed by atoms with Crippen LogP contribution in [0.25, 0.3) is 0 Å². The molecule has 0 N–H and O–H groups in total. The van der Waals surface area contributed by atoms with E-state index in [-0.39, 0.29) is 10.8 Å². The van der Waals surface area contributed by atoms with Crippen molar-refractivity contribution >= 4 is 24.2 Å². The summed E-state index contributed by atoms with van der Waals surface area (Å²) in [5.74, 6) is 0.614. The van der Waals surface area contributed by atoms with Crippen molar-refractivity contribution in [2.24, 2.45) is 0 Å². The minimum atomic E-state index is -4.42. The maximum atomic E-state index is 12.5. The Hall–Kier alpha value is -1.33. The van der Waals surface area contributed by atoms with Crippen LogP contribution >= 0.6 is 24.2 Å². The van der Waals surface area contributed by atoms with Crippen molar-refractivity contribution in [3.8, 4) is 11.5 Å². The standard InChI is InChI=1S/C13H8ClF3OS/c14-11-6-8(13(15,16)17)4-5-12(11)18-9-2-1-3-10(19)7-9/h1-7,19H. The molecule has 1 nitrogen and oxygen atoms in total. The fourth-order valence-electron chi connectivity index (χ4n) is 1.43. The van der Waals surface area contributed by atoms with Crippen molar-refractivity contribution in [1.82, 2.24) is 0 Å². The zero-order chi connectivity index (χ0) is 14.0. The largest absolute Gasteiger partial charge is 0.456 e. The highest BCUT2D eigenvalue weighted by Gasteiger charge is 2.31. The Morgan fingerprint density at radius 2 is 1.79 bits per heavy atom. The summed E-state index contributed by atoms with van der Waals surface area (Å²) in [6, 6.07) is 9.72. The van der Waals surface area contributed by atoms with E-state index in [2.05, 4.69) is 12.6 Å². The first-order chi connectivity index (χ1) is 8.86. The van der Waals surface area contributed by atoms with E-state index in [1.54, 1.807) is 24.3 Å². The molecule has 0 unspecified atom stereocenters. The predicted molar refractivity (Wildman–Crippen MR) is 70.2 cm³/mol. The zero-order valence-corrected chi connectivity index (χ0v) is 11.1. The summed E-state index contributed by atoms with van der Waals surface area (Å²) in [6.45, 7) is 0. The van der Waals surface area contributed by atoms with Gasteiger partial charge in [0.05, 0.1) is 10.6 Å². The van der Waals surface area contributed by atoms with E-state index < -0.39 is 11.7 Å². The second-order valence-electron chi connectivity index (χ2n) is 3.74. The van der Waals surface area contributed by atoms with Crippen molar-refractivity contribution in [1.29, 1.82) is 0 Å². The molecule has 0 atom stereocenters. The van der Waals surface area contributed by atoms with E-state index in [1.165, 1.54) is 6.07 Å². The van der Waals surface area contributed by atoms with E-state index in [4.69, 9.17) is 16.3 Å². The Morgan fingerprint density at radius 3 is 2.37 bits per heavy atom. The summed E-state index contributed by atoms with van der Waals surface area (Å²) >= 11 is 9.92. The monoisotopic (exact) mass is 304 g/mol. The van der Waals surface area contributed by atoms with Crippen LogP contribution in [0, 0.1) is 0 Å². The Balaban J connectivity index is 2.27. The molecule has 0 radical (unpaired) electrons. The van der Waals surface area contributed by atoms with Gasteiger partial charge in [-0.15, -0.1) is 12.6 Å². The molecule has 0 aliphatic rings. The van der Waals surface area contributed by atoms with Crippen LogP contribution < -0.4 is 4.74 Å². The average molecular weight is 305 g/mol. The average Bonchev–Trinajstić information content (AvgIpc) is 2.30. The third kappa shape index (κ3) is 3.58. The zero-order valence-electron chi connectivity index (χ0n) is 9.41. The number of ether oxygens (including phenoxy) is 1. The molecule has 19 heavy (non-hydrogen) atoms. The van der Waals surface area contributed by atoms with Crippen LogP contribution in [0.15, 0.2) is 47.4 Å². The minimum Gasteiger partial charge on any atom is -0.456 e. The highest BCUT2D eigenvalue weighted by molar-refractivity contribution is 7.80. The summed E-state index contributed by atoms with van der Waals surface area (Å²) in [4.78, 5) is 0.681. The van der Waals surface area contributed by atoms with Gasteiger partial charge in [0.25, 0.3) is 0 Å². The first kappa shape index (κ1) is 14.1. The highest BCUT2D eigenvalue weighted by Crippen LogP contribution is 2.36. The molecule has 0 amide bonds. The van der Waals surface area contributed by atoms with Gasteiger partial charge in [0.2, 0.25) is 0 Å². The van der Waals surface area contributed by atoms with Gasteiger partial charge in [-0.05, 0) is 36.4 Å². The maximum Gasteiger partial charge on any atom is 0.416 e. The molecule has 2 rings (SSSR count). The van der Waals surface area contributed by atoms with Gasteiger partial charge >= 0.3 is 6.18 Å². The van der Waals surface area contributed by atoms with Crippen molar-refractivity contribution in [3.05, 3.63) is 53.1 Å². The lowest BCUT2D eigenvalue weighted by molar-refractivity contribution is -0.137. The third-order valence-electron chi connectivity index (χ3n) is 2.30. The van der Waals surface area contributed by atoms with Crippen LogP contribution in [-0.2, 0) is 6.18 Å². The number of rotatable bonds is 2. The van der Waals surface area contributed by atoms with E-state index in [0.717, 1.165) is 12.1 Å². The SMILES string of the molecule is FC(F)(F)c1ccc(Oc2cccc(S)c2)c(Cl)c1. The first-order valence-corrected chi connectivity index (χ1v) is 6.02. The number of hydrogen-bond donors (Lipinski definition) is 1. The van der Waals surface area contributed by atoms with Crippen LogP contribution in [-0.4, -0.2) is 0 Å². The Kier molecular flexibility index (Phi) is 3.96. The number of halogens is 4. The summed E-state index contributed by atoms with van der Waals surface area (Å²) in [7, 11) is 0. The van der Waals surface area contributed by atoms with Crippen LogP contribution in [0.2, 0.25) is 5.02 Å². The molecule has 2 aromatic carbocycles. The second kappa shape index (κ2) is 5.35. The normalized spacial score (nSPS) is 11.4. The molecular weight excluding hydrogens is 297 g/mol. The molecule has 0 fully saturated rings. The van der Waals surface area contributed by atoms with Gasteiger partial charge in [0.1, 0.15) is 11.5 Å². The van der Waals surface area contributed by atoms with Gasteiger partial charge in [-0.25, -0.2) is 0 Å². The van der Waals surface area contributed by atoms with Crippen LogP contribution in [0.5, 0.6) is 11.5 Å². The molecule has 6 heteroatoms. The van der Waals surface area contributed by atoms with Crippen molar-refractivity contribution < 1.29 is 17.9 Å². The van der Waals surface area contributed by atoms with Gasteiger partial charge in [-0.1, -0.05) is 17.7 Å². The topological polar surface area (TPSA) is 9.23 Å². The Labute approximate surface area is 118 Å². The third-order valence-corrected chi connectivity index (χ3v) is 2.88. The summed E-state index contributed by atoms with van der Waals surface area (Å²) in [5, 5.41) is -0.0978. The molecule has 0 aromatic heterocycles.